The van der Waals surface area contributed by atoms with Crippen molar-refractivity contribution in [2.45, 2.75) is 89.2 Å². The van der Waals surface area contributed by atoms with E-state index in [9.17, 15) is 29.1 Å². The van der Waals surface area contributed by atoms with Crippen molar-refractivity contribution < 1.29 is 29.1 Å². The number of nitrogens with one attached hydrogen (secondary N) is 3. The van der Waals surface area contributed by atoms with Crippen LogP contribution < -0.4 is 16.0 Å². The number of thiazole rings is 1. The van der Waals surface area contributed by atoms with Crippen LogP contribution in [-0.4, -0.2) is 86.6 Å². The van der Waals surface area contributed by atoms with Gasteiger partial charge < -0.3 is 20.6 Å². The van der Waals surface area contributed by atoms with Crippen LogP contribution >= 0.6 is 11.3 Å². The number of hydrogen-bond acceptors (Lipinski definition) is 11. The molecule has 1 spiro atoms. The summed E-state index contributed by atoms with van der Waals surface area (Å²) in [5.74, 6) is -0.560. The number of likely N-dealkylation sites (tertiary alicyclic amines) is 1. The molecule has 3 aliphatic heterocycles. The summed E-state index contributed by atoms with van der Waals surface area (Å²) in [6.07, 6.45) is 9.82. The van der Waals surface area contributed by atoms with Crippen molar-refractivity contribution in [3.63, 3.8) is 0 Å². The van der Waals surface area contributed by atoms with Crippen LogP contribution in [0.15, 0.2) is 54.7 Å². The molecule has 302 valence electrons. The van der Waals surface area contributed by atoms with Gasteiger partial charge in [0, 0.05) is 61.7 Å². The Kier molecular flexibility index (Phi) is 9.92. The second kappa shape index (κ2) is 15.0. The first-order valence-corrected chi connectivity index (χ1v) is 21.4. The Hall–Kier alpha value is -5.05. The molecule has 2 saturated carbocycles. The van der Waals surface area contributed by atoms with Crippen LogP contribution in [0.25, 0.3) is 10.2 Å². The Morgan fingerprint density at radius 1 is 0.966 bits per heavy atom. The lowest BCUT2D eigenvalue weighted by molar-refractivity contribution is -0.136. The number of nitrogens with zero attached hydrogens (tertiary/aromatic N) is 4. The molecule has 9 rings (SSSR count). The van der Waals surface area contributed by atoms with Gasteiger partial charge in [0.15, 0.2) is 0 Å². The second-order valence-corrected chi connectivity index (χ2v) is 18.8. The highest BCUT2D eigenvalue weighted by Crippen LogP contribution is 2.53. The molecule has 4 fully saturated rings. The van der Waals surface area contributed by atoms with Gasteiger partial charge in [0.1, 0.15) is 11.7 Å². The van der Waals surface area contributed by atoms with E-state index in [2.05, 4.69) is 25.8 Å². The molecule has 0 bridgehead atoms. The standard InChI is InChI=1S/C44H49N7O6S/c1-43(2,57)29-18-33-35(19-32(29)47-38(53)31-7-3-4-16-45-31)58-40(48-33)27-11-9-25(10-12-27)22-50-23-44(24-50)20-26(21-44)15-17-46-30-8-5-6-28-37(30)42(56)51(41(28)55)34-13-14-36(52)49-39(34)54/h3-8,16,18-19,25-27,34,46,57H,9-15,17,20-24H2,1-2H3,(H,47,53)(H,49,52,54). The maximum absolute atomic E-state index is 13.4. The molecule has 13 nitrogen and oxygen atoms in total. The number of carbonyl (C=O) groups excluding carboxylic acids is 5. The number of rotatable bonds is 11. The summed E-state index contributed by atoms with van der Waals surface area (Å²) in [5.41, 5.74) is 2.85. The average molecular weight is 804 g/mol. The summed E-state index contributed by atoms with van der Waals surface area (Å²) >= 11 is 1.69. The fraction of sp³-hybridized carbons (Fsp3) is 0.477. The molecule has 5 aliphatic rings. The minimum absolute atomic E-state index is 0.0944. The van der Waals surface area contributed by atoms with Crippen LogP contribution in [0.5, 0.6) is 0 Å². The Morgan fingerprint density at radius 3 is 2.48 bits per heavy atom. The minimum atomic E-state index is -1.17. The van der Waals surface area contributed by atoms with E-state index < -0.39 is 29.4 Å². The first-order valence-electron chi connectivity index (χ1n) is 20.5. The number of amides is 5. The quantitative estimate of drug-likeness (QED) is 0.131. The summed E-state index contributed by atoms with van der Waals surface area (Å²) in [6.45, 7) is 7.61. The number of benzene rings is 2. The smallest absolute Gasteiger partial charge is 0.274 e. The predicted octanol–water partition coefficient (Wildman–Crippen LogP) is 6.06. The first kappa shape index (κ1) is 38.5. The van der Waals surface area contributed by atoms with E-state index in [4.69, 9.17) is 4.98 Å². The van der Waals surface area contributed by atoms with Gasteiger partial charge in [-0.3, -0.25) is 39.2 Å². The predicted molar refractivity (Wildman–Crippen MR) is 220 cm³/mol. The molecule has 2 saturated heterocycles. The third-order valence-corrected chi connectivity index (χ3v) is 14.1. The van der Waals surface area contributed by atoms with Crippen molar-refractivity contribution in [1.29, 1.82) is 0 Å². The molecule has 5 heterocycles. The third-order valence-electron chi connectivity index (χ3n) is 13.0. The third kappa shape index (κ3) is 7.30. The zero-order valence-electron chi connectivity index (χ0n) is 32.9. The maximum Gasteiger partial charge on any atom is 0.274 e. The summed E-state index contributed by atoms with van der Waals surface area (Å²) in [5, 5.41) is 20.8. The van der Waals surface area contributed by atoms with Crippen molar-refractivity contribution >= 4 is 62.5 Å². The zero-order valence-corrected chi connectivity index (χ0v) is 33.7. The van der Waals surface area contributed by atoms with Gasteiger partial charge in [-0.05, 0) is 119 Å². The number of aromatic nitrogens is 2. The van der Waals surface area contributed by atoms with Crippen molar-refractivity contribution in [3.05, 3.63) is 82.1 Å². The Labute approximate surface area is 341 Å². The topological polar surface area (TPSA) is 174 Å². The molecule has 2 aromatic carbocycles. The molecule has 1 unspecified atom stereocenters. The highest BCUT2D eigenvalue weighted by atomic mass is 32.1. The molecule has 2 aliphatic carbocycles. The van der Waals surface area contributed by atoms with Crippen molar-refractivity contribution in [2.75, 3.05) is 36.8 Å². The zero-order chi connectivity index (χ0) is 40.3. The number of carbonyl (C=O) groups is 5. The van der Waals surface area contributed by atoms with Crippen LogP contribution in [0, 0.1) is 17.3 Å². The molecule has 2 aromatic heterocycles. The van der Waals surface area contributed by atoms with Gasteiger partial charge in [0.2, 0.25) is 11.8 Å². The van der Waals surface area contributed by atoms with Gasteiger partial charge in [-0.1, -0.05) is 12.1 Å². The molecule has 58 heavy (non-hydrogen) atoms. The van der Waals surface area contributed by atoms with Gasteiger partial charge in [0.05, 0.1) is 32.0 Å². The Balaban J connectivity index is 0.728. The van der Waals surface area contributed by atoms with Crippen molar-refractivity contribution in [2.24, 2.45) is 17.3 Å². The van der Waals surface area contributed by atoms with Gasteiger partial charge in [-0.2, -0.15) is 0 Å². The van der Waals surface area contributed by atoms with Gasteiger partial charge in [0.25, 0.3) is 17.7 Å². The van der Waals surface area contributed by atoms with Crippen LogP contribution in [-0.2, 0) is 15.2 Å². The molecule has 4 aromatic rings. The fourth-order valence-electron chi connectivity index (χ4n) is 10.1. The largest absolute Gasteiger partial charge is 0.386 e. The molecular formula is C44H49N7O6S. The van der Waals surface area contributed by atoms with Crippen LogP contribution in [0.1, 0.15) is 119 Å². The average Bonchev–Trinajstić information content (AvgIpc) is 3.70. The number of aliphatic hydroxyl groups is 1. The van der Waals surface area contributed by atoms with Gasteiger partial charge in [-0.15, -0.1) is 11.3 Å². The summed E-state index contributed by atoms with van der Waals surface area (Å²) in [4.78, 5) is 76.5. The molecule has 5 amide bonds. The summed E-state index contributed by atoms with van der Waals surface area (Å²) in [7, 11) is 0. The van der Waals surface area contributed by atoms with Gasteiger partial charge >= 0.3 is 0 Å². The molecule has 1 atom stereocenters. The number of pyridine rings is 1. The van der Waals surface area contributed by atoms with E-state index in [0.29, 0.717) is 63.5 Å². The van der Waals surface area contributed by atoms with Crippen molar-refractivity contribution in [3.8, 4) is 0 Å². The number of piperidine rings is 1. The summed E-state index contributed by atoms with van der Waals surface area (Å²) in [6, 6.07) is 13.3. The van der Waals surface area contributed by atoms with Crippen LogP contribution in [0.4, 0.5) is 11.4 Å². The lowest BCUT2D eigenvalue weighted by Crippen LogP contribution is -2.63. The summed E-state index contributed by atoms with van der Waals surface area (Å²) < 4.78 is 0.996. The maximum atomic E-state index is 13.4. The number of fused-ring (bicyclic) bond motifs is 2. The molecular weight excluding hydrogens is 755 g/mol. The Morgan fingerprint density at radius 2 is 1.76 bits per heavy atom. The highest BCUT2D eigenvalue weighted by molar-refractivity contribution is 7.18. The van der Waals surface area contributed by atoms with Crippen LogP contribution in [0.2, 0.25) is 0 Å². The highest BCUT2D eigenvalue weighted by Gasteiger charge is 2.52. The van der Waals surface area contributed by atoms with E-state index in [1.54, 1.807) is 61.7 Å². The number of anilines is 2. The molecule has 4 N–H and O–H groups in total. The number of imide groups is 2. The molecule has 0 radical (unpaired) electrons. The minimum Gasteiger partial charge on any atom is -0.386 e. The lowest BCUT2D eigenvalue weighted by Gasteiger charge is -2.60. The number of hydrogen-bond donors (Lipinski definition) is 4. The van der Waals surface area contributed by atoms with E-state index in [-0.39, 0.29) is 24.7 Å². The fourth-order valence-corrected chi connectivity index (χ4v) is 11.3. The van der Waals surface area contributed by atoms with Gasteiger partial charge in [-0.25, -0.2) is 4.98 Å². The lowest BCUT2D eigenvalue weighted by atomic mass is 9.57. The molecule has 14 heteroatoms. The van der Waals surface area contributed by atoms with E-state index >= 15 is 0 Å². The normalized spacial score (nSPS) is 23.4. The van der Waals surface area contributed by atoms with E-state index in [1.165, 1.54) is 25.7 Å². The van der Waals surface area contributed by atoms with E-state index in [0.717, 1.165) is 59.0 Å². The van der Waals surface area contributed by atoms with Crippen molar-refractivity contribution in [1.82, 2.24) is 25.1 Å². The SMILES string of the molecule is CC(C)(O)c1cc2nc(C3CCC(CN4CC5(CC(CCNc6cccc7c6C(=O)N(C6CCC(=O)NC6=O)C7=O)C5)C4)CC3)sc2cc1NC(=O)c1ccccn1. The van der Waals surface area contributed by atoms with Crippen LogP contribution in [0.3, 0.4) is 0 Å². The first-order chi connectivity index (χ1) is 27.8. The van der Waals surface area contributed by atoms with E-state index in [1.807, 2.05) is 18.2 Å². The second-order valence-electron chi connectivity index (χ2n) is 17.7. The monoisotopic (exact) mass is 803 g/mol. The Bertz CT molecular complexity index is 2300.